The molecule has 0 radical (unpaired) electrons. The molecule has 1 fully saturated rings. The van der Waals surface area contributed by atoms with Gasteiger partial charge >= 0.3 is 5.97 Å². The highest BCUT2D eigenvalue weighted by Gasteiger charge is 2.49. The molecule has 0 heterocycles. The molecule has 18 heavy (non-hydrogen) atoms. The molecule has 0 aromatic heterocycles. The summed E-state index contributed by atoms with van der Waals surface area (Å²) in [7, 11) is 0. The zero-order chi connectivity index (χ0) is 13.3. The second-order valence-electron chi connectivity index (χ2n) is 5.90. The SMILES string of the molecule is CC(C)(C)OC(=O)[C@@H]1C[C@H]1[C@@H](O)c1ccccc1. The second-order valence-corrected chi connectivity index (χ2v) is 5.90. The number of ether oxygens (including phenoxy) is 1. The van der Waals surface area contributed by atoms with Crippen molar-refractivity contribution < 1.29 is 14.6 Å². The Bertz CT molecular complexity index is 419. The van der Waals surface area contributed by atoms with Gasteiger partial charge in [-0.2, -0.15) is 0 Å². The van der Waals surface area contributed by atoms with Gasteiger partial charge in [0.15, 0.2) is 0 Å². The zero-order valence-corrected chi connectivity index (χ0v) is 11.1. The topological polar surface area (TPSA) is 46.5 Å². The van der Waals surface area contributed by atoms with E-state index < -0.39 is 11.7 Å². The summed E-state index contributed by atoms with van der Waals surface area (Å²) in [6, 6.07) is 9.46. The molecule has 1 aromatic carbocycles. The van der Waals surface area contributed by atoms with Crippen LogP contribution in [0.5, 0.6) is 0 Å². The van der Waals surface area contributed by atoms with Crippen LogP contribution in [0.1, 0.15) is 38.9 Å². The summed E-state index contributed by atoms with van der Waals surface area (Å²) in [5.41, 5.74) is 0.413. The van der Waals surface area contributed by atoms with E-state index in [0.717, 1.165) is 5.56 Å². The largest absolute Gasteiger partial charge is 0.460 e. The summed E-state index contributed by atoms with van der Waals surface area (Å²) in [4.78, 5) is 11.8. The molecule has 3 nitrogen and oxygen atoms in total. The van der Waals surface area contributed by atoms with E-state index in [1.165, 1.54) is 0 Å². The van der Waals surface area contributed by atoms with Crippen molar-refractivity contribution in [1.82, 2.24) is 0 Å². The maximum Gasteiger partial charge on any atom is 0.309 e. The van der Waals surface area contributed by atoms with Crippen LogP contribution in [0.4, 0.5) is 0 Å². The van der Waals surface area contributed by atoms with E-state index in [1.807, 2.05) is 51.1 Å². The Morgan fingerprint density at radius 2 is 1.94 bits per heavy atom. The Morgan fingerprint density at radius 1 is 1.33 bits per heavy atom. The molecule has 1 aromatic rings. The molecular formula is C15H20O3. The van der Waals surface area contributed by atoms with Gasteiger partial charge in [-0.1, -0.05) is 30.3 Å². The van der Waals surface area contributed by atoms with Gasteiger partial charge in [0.25, 0.3) is 0 Å². The molecule has 0 bridgehead atoms. The van der Waals surface area contributed by atoms with Crippen LogP contribution < -0.4 is 0 Å². The molecule has 0 spiro atoms. The zero-order valence-electron chi connectivity index (χ0n) is 11.1. The third-order valence-electron chi connectivity index (χ3n) is 3.10. The van der Waals surface area contributed by atoms with Gasteiger partial charge in [-0.15, -0.1) is 0 Å². The van der Waals surface area contributed by atoms with Crippen molar-refractivity contribution in [3.8, 4) is 0 Å². The maximum absolute atomic E-state index is 11.8. The van der Waals surface area contributed by atoms with E-state index in [-0.39, 0.29) is 17.8 Å². The maximum atomic E-state index is 11.8. The van der Waals surface area contributed by atoms with E-state index >= 15 is 0 Å². The van der Waals surface area contributed by atoms with Crippen molar-refractivity contribution in [2.45, 2.75) is 38.9 Å². The van der Waals surface area contributed by atoms with Crippen LogP contribution in [0, 0.1) is 11.8 Å². The summed E-state index contributed by atoms with van der Waals surface area (Å²) in [6.45, 7) is 5.57. The number of esters is 1. The highest BCUT2D eigenvalue weighted by Crippen LogP contribution is 2.48. The predicted octanol–water partition coefficient (Wildman–Crippen LogP) is 2.70. The van der Waals surface area contributed by atoms with Gasteiger partial charge in [0, 0.05) is 5.92 Å². The molecule has 98 valence electrons. The van der Waals surface area contributed by atoms with E-state index in [0.29, 0.717) is 6.42 Å². The van der Waals surface area contributed by atoms with Crippen LogP contribution in [0.2, 0.25) is 0 Å². The van der Waals surface area contributed by atoms with Gasteiger partial charge in [-0.05, 0) is 32.8 Å². The quantitative estimate of drug-likeness (QED) is 0.837. The van der Waals surface area contributed by atoms with E-state index in [9.17, 15) is 9.90 Å². The van der Waals surface area contributed by atoms with E-state index in [1.54, 1.807) is 0 Å². The smallest absolute Gasteiger partial charge is 0.309 e. The number of aliphatic hydroxyl groups excluding tert-OH is 1. The van der Waals surface area contributed by atoms with Gasteiger partial charge in [0.1, 0.15) is 5.60 Å². The predicted molar refractivity (Wildman–Crippen MR) is 68.8 cm³/mol. The van der Waals surface area contributed by atoms with Crippen LogP contribution in [-0.2, 0) is 9.53 Å². The second kappa shape index (κ2) is 4.73. The Kier molecular flexibility index (Phi) is 3.44. The summed E-state index contributed by atoms with van der Waals surface area (Å²) < 4.78 is 5.33. The van der Waals surface area contributed by atoms with Gasteiger partial charge in [-0.25, -0.2) is 0 Å². The molecule has 3 atom stereocenters. The van der Waals surface area contributed by atoms with Crippen LogP contribution >= 0.6 is 0 Å². The van der Waals surface area contributed by atoms with Gasteiger partial charge in [-0.3, -0.25) is 4.79 Å². The van der Waals surface area contributed by atoms with Crippen molar-refractivity contribution in [3.05, 3.63) is 35.9 Å². The molecule has 1 N–H and O–H groups in total. The summed E-state index contributed by atoms with van der Waals surface area (Å²) in [5, 5.41) is 10.2. The lowest BCUT2D eigenvalue weighted by molar-refractivity contribution is -0.157. The minimum Gasteiger partial charge on any atom is -0.460 e. The first-order valence-corrected chi connectivity index (χ1v) is 6.34. The Morgan fingerprint density at radius 3 is 2.50 bits per heavy atom. The Hall–Kier alpha value is -1.35. The highest BCUT2D eigenvalue weighted by atomic mass is 16.6. The fraction of sp³-hybridized carbons (Fsp3) is 0.533. The summed E-state index contributed by atoms with van der Waals surface area (Å²) in [6.07, 6.45) is 0.147. The number of benzene rings is 1. The lowest BCUT2D eigenvalue weighted by Crippen LogP contribution is -2.25. The third-order valence-corrected chi connectivity index (χ3v) is 3.10. The first-order chi connectivity index (χ1) is 8.38. The number of carbonyl (C=O) groups excluding carboxylic acids is 1. The molecule has 3 heteroatoms. The van der Waals surface area contributed by atoms with E-state index in [2.05, 4.69) is 0 Å². The highest BCUT2D eigenvalue weighted by molar-refractivity contribution is 5.76. The van der Waals surface area contributed by atoms with Crippen molar-refractivity contribution in [2.24, 2.45) is 11.8 Å². The van der Waals surface area contributed by atoms with Gasteiger partial charge in [0.05, 0.1) is 12.0 Å². The lowest BCUT2D eigenvalue weighted by Gasteiger charge is -2.20. The van der Waals surface area contributed by atoms with Crippen molar-refractivity contribution in [1.29, 1.82) is 0 Å². The van der Waals surface area contributed by atoms with Crippen molar-refractivity contribution >= 4 is 5.97 Å². The standard InChI is InChI=1S/C15H20O3/c1-15(2,3)18-14(17)12-9-11(12)13(16)10-7-5-4-6-8-10/h4-8,11-13,16H,9H2,1-3H3/t11-,12-,13+/m1/s1. The minimum atomic E-state index is -0.566. The summed E-state index contributed by atoms with van der Waals surface area (Å²) >= 11 is 0. The van der Waals surface area contributed by atoms with Crippen molar-refractivity contribution in [3.63, 3.8) is 0 Å². The lowest BCUT2D eigenvalue weighted by atomic mass is 10.0. The summed E-state index contributed by atoms with van der Waals surface area (Å²) in [5.74, 6) is -0.343. The molecule has 0 amide bonds. The first-order valence-electron chi connectivity index (χ1n) is 6.34. The molecule has 1 saturated carbocycles. The number of rotatable bonds is 3. The third kappa shape index (κ3) is 3.10. The van der Waals surface area contributed by atoms with Crippen LogP contribution in [0.25, 0.3) is 0 Å². The molecule has 1 aliphatic rings. The number of carbonyl (C=O) groups is 1. The monoisotopic (exact) mass is 248 g/mol. The molecule has 0 saturated heterocycles. The molecule has 0 unspecified atom stereocenters. The minimum absolute atomic E-state index is 0.00208. The fourth-order valence-electron chi connectivity index (χ4n) is 2.11. The number of hydrogen-bond donors (Lipinski definition) is 1. The normalized spacial score (nSPS) is 24.4. The molecule has 0 aliphatic heterocycles. The Labute approximate surface area is 108 Å². The number of aliphatic hydroxyl groups is 1. The molecular weight excluding hydrogens is 228 g/mol. The molecule has 1 aliphatic carbocycles. The number of hydrogen-bond acceptors (Lipinski definition) is 3. The van der Waals surface area contributed by atoms with Crippen LogP contribution in [0.3, 0.4) is 0 Å². The van der Waals surface area contributed by atoms with Gasteiger partial charge in [0.2, 0.25) is 0 Å². The van der Waals surface area contributed by atoms with Crippen LogP contribution in [0.15, 0.2) is 30.3 Å². The molecule has 2 rings (SSSR count). The van der Waals surface area contributed by atoms with E-state index in [4.69, 9.17) is 4.74 Å². The van der Waals surface area contributed by atoms with Crippen LogP contribution in [-0.4, -0.2) is 16.7 Å². The van der Waals surface area contributed by atoms with Gasteiger partial charge < -0.3 is 9.84 Å². The Balaban J connectivity index is 1.93. The van der Waals surface area contributed by atoms with Crippen molar-refractivity contribution in [2.75, 3.05) is 0 Å². The average molecular weight is 248 g/mol. The first kappa shape index (κ1) is 13.1. The fourth-order valence-corrected chi connectivity index (χ4v) is 2.11. The average Bonchev–Trinajstić information content (AvgIpc) is 3.07.